The van der Waals surface area contributed by atoms with E-state index in [4.69, 9.17) is 0 Å². The summed E-state index contributed by atoms with van der Waals surface area (Å²) < 4.78 is 1.68. The molecule has 1 aromatic heterocycles. The number of hydrogen-bond acceptors (Lipinski definition) is 3. The van der Waals surface area contributed by atoms with Crippen molar-refractivity contribution < 1.29 is 4.79 Å². The minimum absolute atomic E-state index is 0.104. The standard InChI is InChI=1S/C15H18N4O/c1-11-7-8-18(9-12(11)2)15(20)10-19-14-6-4-3-5-13(14)16-17-19/h3-6H,7-10H2,1-2H3. The average Bonchev–Trinajstić information content (AvgIpc) is 2.85. The second-order valence-electron chi connectivity index (χ2n) is 5.36. The molecule has 0 atom stereocenters. The minimum Gasteiger partial charge on any atom is -0.337 e. The van der Waals surface area contributed by atoms with Crippen LogP contribution in [0.1, 0.15) is 20.3 Å². The molecule has 0 radical (unpaired) electrons. The van der Waals surface area contributed by atoms with Crippen molar-refractivity contribution >= 4 is 16.9 Å². The largest absolute Gasteiger partial charge is 0.337 e. The van der Waals surface area contributed by atoms with E-state index in [1.165, 1.54) is 11.1 Å². The highest BCUT2D eigenvalue weighted by Gasteiger charge is 2.20. The second kappa shape index (κ2) is 5.07. The van der Waals surface area contributed by atoms with Gasteiger partial charge in [0.25, 0.3) is 0 Å². The third kappa shape index (κ3) is 2.31. The van der Waals surface area contributed by atoms with Gasteiger partial charge in [0.15, 0.2) is 0 Å². The van der Waals surface area contributed by atoms with E-state index in [0.717, 1.165) is 30.5 Å². The van der Waals surface area contributed by atoms with Crippen LogP contribution in [0.2, 0.25) is 0 Å². The van der Waals surface area contributed by atoms with Crippen molar-refractivity contribution in [3.05, 3.63) is 35.4 Å². The molecule has 0 N–H and O–H groups in total. The molecule has 0 unspecified atom stereocenters. The van der Waals surface area contributed by atoms with Crippen LogP contribution in [-0.4, -0.2) is 38.9 Å². The maximum absolute atomic E-state index is 12.4. The monoisotopic (exact) mass is 270 g/mol. The van der Waals surface area contributed by atoms with Gasteiger partial charge >= 0.3 is 0 Å². The van der Waals surface area contributed by atoms with E-state index < -0.39 is 0 Å². The van der Waals surface area contributed by atoms with Crippen molar-refractivity contribution in [2.45, 2.75) is 26.8 Å². The van der Waals surface area contributed by atoms with Crippen LogP contribution in [-0.2, 0) is 11.3 Å². The maximum Gasteiger partial charge on any atom is 0.244 e. The minimum atomic E-state index is 0.104. The van der Waals surface area contributed by atoms with E-state index in [-0.39, 0.29) is 12.5 Å². The zero-order valence-electron chi connectivity index (χ0n) is 11.8. The van der Waals surface area contributed by atoms with Gasteiger partial charge in [0.05, 0.1) is 5.52 Å². The van der Waals surface area contributed by atoms with E-state index in [1.807, 2.05) is 29.2 Å². The second-order valence-corrected chi connectivity index (χ2v) is 5.36. The Labute approximate surface area is 117 Å². The molecule has 0 saturated carbocycles. The third-order valence-corrected chi connectivity index (χ3v) is 3.97. The van der Waals surface area contributed by atoms with Crippen molar-refractivity contribution in [2.75, 3.05) is 13.1 Å². The molecule has 1 aliphatic rings. The van der Waals surface area contributed by atoms with Crippen LogP contribution in [0.5, 0.6) is 0 Å². The lowest BCUT2D eigenvalue weighted by Gasteiger charge is -2.28. The van der Waals surface area contributed by atoms with Gasteiger partial charge in [-0.2, -0.15) is 0 Å². The van der Waals surface area contributed by atoms with Crippen molar-refractivity contribution in [3.8, 4) is 0 Å². The van der Waals surface area contributed by atoms with Crippen molar-refractivity contribution in [1.82, 2.24) is 19.9 Å². The lowest BCUT2D eigenvalue weighted by Crippen LogP contribution is -2.38. The molecule has 20 heavy (non-hydrogen) atoms. The number of nitrogens with zero attached hydrogens (tertiary/aromatic N) is 4. The molecule has 1 amide bonds. The third-order valence-electron chi connectivity index (χ3n) is 3.97. The summed E-state index contributed by atoms with van der Waals surface area (Å²) in [6, 6.07) is 7.70. The number of para-hydroxylation sites is 1. The van der Waals surface area contributed by atoms with E-state index in [2.05, 4.69) is 24.2 Å². The normalized spacial score (nSPS) is 16.0. The molecule has 1 aromatic carbocycles. The summed E-state index contributed by atoms with van der Waals surface area (Å²) in [5.41, 5.74) is 4.43. The molecule has 0 saturated heterocycles. The first-order valence-electron chi connectivity index (χ1n) is 6.86. The summed E-state index contributed by atoms with van der Waals surface area (Å²) in [4.78, 5) is 14.3. The zero-order chi connectivity index (χ0) is 14.1. The highest BCUT2D eigenvalue weighted by molar-refractivity contribution is 5.80. The molecule has 5 nitrogen and oxygen atoms in total. The van der Waals surface area contributed by atoms with Gasteiger partial charge in [-0.15, -0.1) is 5.10 Å². The molecule has 5 heteroatoms. The Morgan fingerprint density at radius 3 is 2.85 bits per heavy atom. The maximum atomic E-state index is 12.4. The van der Waals surface area contributed by atoms with E-state index in [0.29, 0.717) is 0 Å². The summed E-state index contributed by atoms with van der Waals surface area (Å²) in [6.07, 6.45) is 0.968. The van der Waals surface area contributed by atoms with Crippen molar-refractivity contribution in [2.24, 2.45) is 0 Å². The van der Waals surface area contributed by atoms with Crippen LogP contribution < -0.4 is 0 Å². The summed E-state index contributed by atoms with van der Waals surface area (Å²) in [5, 5.41) is 8.15. The van der Waals surface area contributed by atoms with Crippen molar-refractivity contribution in [3.63, 3.8) is 0 Å². The van der Waals surface area contributed by atoms with Gasteiger partial charge in [-0.25, -0.2) is 4.68 Å². The Morgan fingerprint density at radius 1 is 1.25 bits per heavy atom. The molecule has 0 spiro atoms. The van der Waals surface area contributed by atoms with E-state index in [9.17, 15) is 4.79 Å². The number of carbonyl (C=O) groups is 1. The number of fused-ring (bicyclic) bond motifs is 1. The highest BCUT2D eigenvalue weighted by Crippen LogP contribution is 2.17. The summed E-state index contributed by atoms with van der Waals surface area (Å²) in [7, 11) is 0. The molecule has 0 aliphatic carbocycles. The molecule has 2 aromatic rings. The van der Waals surface area contributed by atoms with Gasteiger partial charge in [-0.05, 0) is 32.4 Å². The number of amides is 1. The van der Waals surface area contributed by atoms with Crippen LogP contribution in [0.25, 0.3) is 11.0 Å². The smallest absolute Gasteiger partial charge is 0.244 e. The lowest BCUT2D eigenvalue weighted by atomic mass is 10.0. The Morgan fingerprint density at radius 2 is 2.05 bits per heavy atom. The van der Waals surface area contributed by atoms with Crippen LogP contribution >= 0.6 is 0 Å². The molecule has 0 bridgehead atoms. The Hall–Kier alpha value is -2.17. The fourth-order valence-electron chi connectivity index (χ4n) is 2.49. The van der Waals surface area contributed by atoms with Gasteiger partial charge in [0.1, 0.15) is 12.1 Å². The Kier molecular flexibility index (Phi) is 3.26. The van der Waals surface area contributed by atoms with Crippen LogP contribution in [0.4, 0.5) is 0 Å². The number of hydrogen-bond donors (Lipinski definition) is 0. The van der Waals surface area contributed by atoms with Gasteiger partial charge in [-0.1, -0.05) is 28.5 Å². The summed E-state index contributed by atoms with van der Waals surface area (Å²) in [5.74, 6) is 0.104. The fraction of sp³-hybridized carbons (Fsp3) is 0.400. The molecule has 0 fully saturated rings. The van der Waals surface area contributed by atoms with E-state index >= 15 is 0 Å². The molecule has 3 rings (SSSR count). The SMILES string of the molecule is CC1=C(C)CN(C(=O)Cn2nnc3ccccc32)CC1. The zero-order valence-corrected chi connectivity index (χ0v) is 11.8. The first kappa shape index (κ1) is 12.8. The first-order valence-corrected chi connectivity index (χ1v) is 6.86. The summed E-state index contributed by atoms with van der Waals surface area (Å²) in [6.45, 7) is 6.03. The number of carbonyl (C=O) groups excluding carboxylic acids is 1. The molecule has 104 valence electrons. The number of benzene rings is 1. The highest BCUT2D eigenvalue weighted by atomic mass is 16.2. The van der Waals surface area contributed by atoms with Crippen molar-refractivity contribution in [1.29, 1.82) is 0 Å². The Bertz CT molecular complexity index is 686. The van der Waals surface area contributed by atoms with Gasteiger partial charge in [0.2, 0.25) is 5.91 Å². The predicted molar refractivity (Wildman–Crippen MR) is 77.1 cm³/mol. The molecular formula is C15H18N4O. The van der Waals surface area contributed by atoms with Crippen LogP contribution in [0.15, 0.2) is 35.4 Å². The fourth-order valence-corrected chi connectivity index (χ4v) is 2.49. The molecule has 2 heterocycles. The lowest BCUT2D eigenvalue weighted by molar-refractivity contribution is -0.131. The van der Waals surface area contributed by atoms with E-state index in [1.54, 1.807) is 4.68 Å². The van der Waals surface area contributed by atoms with Crippen LogP contribution in [0, 0.1) is 0 Å². The van der Waals surface area contributed by atoms with Gasteiger partial charge in [-0.3, -0.25) is 4.79 Å². The van der Waals surface area contributed by atoms with Gasteiger partial charge < -0.3 is 4.90 Å². The molecule has 1 aliphatic heterocycles. The topological polar surface area (TPSA) is 51.0 Å². The average molecular weight is 270 g/mol. The van der Waals surface area contributed by atoms with Gasteiger partial charge in [0, 0.05) is 13.1 Å². The number of aromatic nitrogens is 3. The Balaban J connectivity index is 1.77. The number of rotatable bonds is 2. The quantitative estimate of drug-likeness (QED) is 0.784. The predicted octanol–water partition coefficient (Wildman–Crippen LogP) is 2.00. The molecular weight excluding hydrogens is 252 g/mol. The summed E-state index contributed by atoms with van der Waals surface area (Å²) >= 11 is 0. The van der Waals surface area contributed by atoms with Crippen LogP contribution in [0.3, 0.4) is 0 Å². The first-order chi connectivity index (χ1) is 9.65.